The normalized spacial score (nSPS) is 10.7. The predicted molar refractivity (Wildman–Crippen MR) is 164 cm³/mol. The van der Waals surface area contributed by atoms with E-state index in [9.17, 15) is 14.4 Å². The van der Waals surface area contributed by atoms with Crippen LogP contribution in [0.15, 0.2) is 65.8 Å². The quantitative estimate of drug-likeness (QED) is 0.0967. The van der Waals surface area contributed by atoms with Crippen molar-refractivity contribution in [2.24, 2.45) is 5.10 Å². The summed E-state index contributed by atoms with van der Waals surface area (Å²) in [5.41, 5.74) is 4.91. The molecule has 11 heteroatoms. The summed E-state index contributed by atoms with van der Waals surface area (Å²) in [5.74, 6) is -1.04. The molecule has 0 saturated carbocycles. The maximum Gasteiger partial charge on any atom is 0.329 e. The molecule has 0 atom stereocenters. The van der Waals surface area contributed by atoms with Gasteiger partial charge in [0, 0.05) is 11.4 Å². The molecule has 222 valence electrons. The molecule has 10 nitrogen and oxygen atoms in total. The number of hydrazone groups is 1. The number of hydrogen-bond donors (Lipinski definition) is 3. The Balaban J connectivity index is 1.55. The van der Waals surface area contributed by atoms with Gasteiger partial charge in [-0.2, -0.15) is 5.10 Å². The van der Waals surface area contributed by atoms with E-state index in [0.717, 1.165) is 19.3 Å². The highest BCUT2D eigenvalue weighted by Gasteiger charge is 2.16. The van der Waals surface area contributed by atoms with E-state index in [0.29, 0.717) is 35.9 Å². The molecule has 3 aromatic carbocycles. The number of ether oxygens (including phenoxy) is 3. The first-order valence-electron chi connectivity index (χ1n) is 13.7. The van der Waals surface area contributed by atoms with Gasteiger partial charge in [0.2, 0.25) is 0 Å². The lowest BCUT2D eigenvalue weighted by molar-refractivity contribution is -0.136. The maximum atomic E-state index is 12.4. The Bertz CT molecular complexity index is 1380. The number of anilines is 2. The summed E-state index contributed by atoms with van der Waals surface area (Å²) in [6, 6.07) is 17.4. The predicted octanol–water partition coefficient (Wildman–Crippen LogP) is 5.59. The number of nitrogens with zero attached hydrogens (tertiary/aromatic N) is 1. The summed E-state index contributed by atoms with van der Waals surface area (Å²) >= 11 is 6.42. The van der Waals surface area contributed by atoms with Crippen LogP contribution in [0.3, 0.4) is 0 Å². The number of rotatable bonds is 14. The third kappa shape index (κ3) is 10.1. The number of carbonyl (C=O) groups is 3. The zero-order valence-corrected chi connectivity index (χ0v) is 24.6. The van der Waals surface area contributed by atoms with Crippen LogP contribution in [-0.2, 0) is 20.8 Å². The van der Waals surface area contributed by atoms with Gasteiger partial charge >= 0.3 is 11.8 Å². The standard InChI is InChI=1S/C31H35ClN4O6/c1-4-7-16-41-25-14-12-24(13-15-25)35-30(38)31(39)36-33-19-22-17-26(32)29(27(18-22)40-6-3)42-20-28(37)34-23-10-8-21(5-2)9-11-23/h8-15,17-19H,4-7,16,20H2,1-3H3,(H,34,37)(H,35,38)(H,36,39)/b33-19-. The van der Waals surface area contributed by atoms with E-state index >= 15 is 0 Å². The van der Waals surface area contributed by atoms with Crippen LogP contribution in [0, 0.1) is 0 Å². The summed E-state index contributed by atoms with van der Waals surface area (Å²) in [4.78, 5) is 36.9. The number of amides is 3. The molecule has 3 aromatic rings. The third-order valence-electron chi connectivity index (χ3n) is 5.79. The Labute approximate surface area is 250 Å². The molecule has 0 saturated heterocycles. The van der Waals surface area contributed by atoms with E-state index in [1.165, 1.54) is 17.8 Å². The van der Waals surface area contributed by atoms with E-state index in [1.807, 2.05) is 24.3 Å². The summed E-state index contributed by atoms with van der Waals surface area (Å²) in [5, 5.41) is 9.29. The fourth-order valence-corrected chi connectivity index (χ4v) is 3.87. The number of unbranched alkanes of at least 4 members (excludes halogenated alkanes) is 1. The first-order valence-corrected chi connectivity index (χ1v) is 14.1. The number of carbonyl (C=O) groups excluding carboxylic acids is 3. The second kappa shape index (κ2) is 16.6. The van der Waals surface area contributed by atoms with Crippen LogP contribution >= 0.6 is 11.6 Å². The van der Waals surface area contributed by atoms with Crippen molar-refractivity contribution in [3.8, 4) is 17.2 Å². The van der Waals surface area contributed by atoms with Crippen LogP contribution in [0.2, 0.25) is 5.02 Å². The molecule has 0 fully saturated rings. The minimum Gasteiger partial charge on any atom is -0.494 e. The number of halogens is 1. The van der Waals surface area contributed by atoms with Crippen molar-refractivity contribution in [1.82, 2.24) is 5.43 Å². The Kier molecular flexibility index (Phi) is 12.7. The highest BCUT2D eigenvalue weighted by Crippen LogP contribution is 2.36. The Hall–Kier alpha value is -4.57. The van der Waals surface area contributed by atoms with Crippen LogP contribution in [0.25, 0.3) is 0 Å². The zero-order valence-electron chi connectivity index (χ0n) is 23.9. The SMILES string of the molecule is CCCCOc1ccc(NC(=O)C(=O)N/N=C\c2cc(Cl)c(OCC(=O)Nc3ccc(CC)cc3)c(OCC)c2)cc1. The minimum atomic E-state index is -0.957. The van der Waals surface area contributed by atoms with Crippen molar-refractivity contribution in [3.05, 3.63) is 76.8 Å². The molecule has 3 N–H and O–H groups in total. The van der Waals surface area contributed by atoms with Gasteiger partial charge in [0.25, 0.3) is 5.91 Å². The van der Waals surface area contributed by atoms with E-state index < -0.39 is 11.8 Å². The van der Waals surface area contributed by atoms with Crippen molar-refractivity contribution in [1.29, 1.82) is 0 Å². The lowest BCUT2D eigenvalue weighted by Crippen LogP contribution is -2.32. The van der Waals surface area contributed by atoms with Crippen LogP contribution in [0.5, 0.6) is 17.2 Å². The highest BCUT2D eigenvalue weighted by molar-refractivity contribution is 6.39. The molecular weight excluding hydrogens is 560 g/mol. The fourth-order valence-electron chi connectivity index (χ4n) is 3.60. The Morgan fingerprint density at radius 2 is 1.55 bits per heavy atom. The van der Waals surface area contributed by atoms with Crippen LogP contribution in [0.1, 0.15) is 44.7 Å². The molecule has 0 heterocycles. The van der Waals surface area contributed by atoms with Crippen LogP contribution in [0.4, 0.5) is 11.4 Å². The van der Waals surface area contributed by atoms with Gasteiger partial charge in [0.1, 0.15) is 5.75 Å². The van der Waals surface area contributed by atoms with Gasteiger partial charge in [0.15, 0.2) is 18.1 Å². The number of benzene rings is 3. The summed E-state index contributed by atoms with van der Waals surface area (Å²) in [7, 11) is 0. The van der Waals surface area contributed by atoms with Gasteiger partial charge in [-0.05, 0) is 79.4 Å². The van der Waals surface area contributed by atoms with E-state index in [-0.39, 0.29) is 29.0 Å². The van der Waals surface area contributed by atoms with E-state index in [4.69, 9.17) is 25.8 Å². The monoisotopic (exact) mass is 594 g/mol. The summed E-state index contributed by atoms with van der Waals surface area (Å²) in [6.07, 6.45) is 4.19. The van der Waals surface area contributed by atoms with Gasteiger partial charge < -0.3 is 24.8 Å². The van der Waals surface area contributed by atoms with Crippen molar-refractivity contribution in [3.63, 3.8) is 0 Å². The van der Waals surface area contributed by atoms with Gasteiger partial charge in [-0.15, -0.1) is 0 Å². The van der Waals surface area contributed by atoms with Crippen molar-refractivity contribution >= 4 is 46.9 Å². The molecule has 0 aromatic heterocycles. The average molecular weight is 595 g/mol. The van der Waals surface area contributed by atoms with Crippen LogP contribution in [-0.4, -0.2) is 43.8 Å². The second-order valence-corrected chi connectivity index (χ2v) is 9.44. The first kappa shape index (κ1) is 32.0. The molecule has 42 heavy (non-hydrogen) atoms. The second-order valence-electron chi connectivity index (χ2n) is 9.03. The molecule has 0 aliphatic rings. The smallest absolute Gasteiger partial charge is 0.329 e. The average Bonchev–Trinajstić information content (AvgIpc) is 2.98. The lowest BCUT2D eigenvalue weighted by Gasteiger charge is -2.14. The fraction of sp³-hybridized carbons (Fsp3) is 0.290. The molecule has 0 radical (unpaired) electrons. The van der Waals surface area contributed by atoms with Crippen molar-refractivity contribution < 1.29 is 28.6 Å². The van der Waals surface area contributed by atoms with Gasteiger partial charge in [-0.25, -0.2) is 5.43 Å². The topological polar surface area (TPSA) is 127 Å². The largest absolute Gasteiger partial charge is 0.494 e. The van der Waals surface area contributed by atoms with Gasteiger partial charge in [-0.1, -0.05) is 44.0 Å². The third-order valence-corrected chi connectivity index (χ3v) is 6.07. The minimum absolute atomic E-state index is 0.175. The molecule has 0 unspecified atom stereocenters. The Morgan fingerprint density at radius 1 is 0.857 bits per heavy atom. The molecule has 3 rings (SSSR count). The maximum absolute atomic E-state index is 12.4. The highest BCUT2D eigenvalue weighted by atomic mass is 35.5. The molecule has 0 bridgehead atoms. The molecule has 0 spiro atoms. The Morgan fingerprint density at radius 3 is 2.21 bits per heavy atom. The molecule has 3 amide bonds. The molecule has 0 aliphatic heterocycles. The van der Waals surface area contributed by atoms with E-state index in [2.05, 4.69) is 35.0 Å². The molecular formula is C31H35ClN4O6. The van der Waals surface area contributed by atoms with Crippen molar-refractivity contribution in [2.45, 2.75) is 40.0 Å². The van der Waals surface area contributed by atoms with E-state index in [1.54, 1.807) is 37.3 Å². The van der Waals surface area contributed by atoms with Crippen molar-refractivity contribution in [2.75, 3.05) is 30.5 Å². The lowest BCUT2D eigenvalue weighted by atomic mass is 10.1. The van der Waals surface area contributed by atoms with Gasteiger partial charge in [0.05, 0.1) is 24.5 Å². The molecule has 0 aliphatic carbocycles. The number of hydrogen-bond acceptors (Lipinski definition) is 7. The summed E-state index contributed by atoms with van der Waals surface area (Å²) < 4.78 is 16.9. The first-order chi connectivity index (χ1) is 20.3. The summed E-state index contributed by atoms with van der Waals surface area (Å²) in [6.45, 7) is 6.56. The number of nitrogens with one attached hydrogen (secondary N) is 3. The van der Waals surface area contributed by atoms with Crippen LogP contribution < -0.4 is 30.3 Å². The number of aryl methyl sites for hydroxylation is 1. The zero-order chi connectivity index (χ0) is 30.3. The van der Waals surface area contributed by atoms with Gasteiger partial charge in [-0.3, -0.25) is 14.4 Å².